The van der Waals surface area contributed by atoms with E-state index >= 15 is 0 Å². The van der Waals surface area contributed by atoms with Crippen molar-refractivity contribution in [2.75, 3.05) is 4.90 Å². The van der Waals surface area contributed by atoms with Gasteiger partial charge in [-0.05, 0) is 97.2 Å². The van der Waals surface area contributed by atoms with Crippen molar-refractivity contribution in [3.63, 3.8) is 0 Å². The lowest BCUT2D eigenvalue weighted by molar-refractivity contribution is 0.768. The number of rotatable bonds is 7. The molecule has 0 fully saturated rings. The molecule has 2 heteroatoms. The maximum absolute atomic E-state index is 2.55. The molecule has 1 aromatic heterocycles. The van der Waals surface area contributed by atoms with E-state index < -0.39 is 5.41 Å². The average molecular weight is 794 g/mol. The zero-order chi connectivity index (χ0) is 40.3. The Kier molecular flexibility index (Phi) is 8.33. The fourth-order valence-electron chi connectivity index (χ4n) is 10.0. The Morgan fingerprint density at radius 1 is 0.344 bits per heavy atom. The molecular formula is C59H39NS. The Bertz CT molecular complexity index is 3380. The van der Waals surface area contributed by atoms with Gasteiger partial charge in [0, 0.05) is 26.7 Å². The molecule has 0 saturated heterocycles. The molecule has 0 unspecified atom stereocenters. The normalized spacial score (nSPS) is 12.7. The summed E-state index contributed by atoms with van der Waals surface area (Å²) in [5.74, 6) is 0. The Morgan fingerprint density at radius 2 is 0.951 bits per heavy atom. The van der Waals surface area contributed by atoms with Gasteiger partial charge in [0.1, 0.15) is 0 Å². The Balaban J connectivity index is 1.18. The van der Waals surface area contributed by atoms with Crippen molar-refractivity contribution in [3.8, 4) is 33.4 Å². The van der Waals surface area contributed by atoms with Crippen molar-refractivity contribution in [3.05, 3.63) is 259 Å². The highest BCUT2D eigenvalue weighted by Gasteiger charge is 2.46. The van der Waals surface area contributed by atoms with Gasteiger partial charge in [0.15, 0.2) is 0 Å². The van der Waals surface area contributed by atoms with E-state index in [1.807, 2.05) is 11.3 Å². The number of hydrogen-bond donors (Lipinski definition) is 0. The van der Waals surface area contributed by atoms with Crippen LogP contribution in [-0.4, -0.2) is 0 Å². The summed E-state index contributed by atoms with van der Waals surface area (Å²) in [6.45, 7) is 0. The molecule has 0 N–H and O–H groups in total. The highest BCUT2D eigenvalue weighted by molar-refractivity contribution is 7.26. The summed E-state index contributed by atoms with van der Waals surface area (Å²) in [7, 11) is 0. The maximum atomic E-state index is 2.55. The van der Waals surface area contributed by atoms with Crippen LogP contribution in [0.4, 0.5) is 17.1 Å². The molecular weight excluding hydrogens is 755 g/mol. The standard InChI is InChI=1S/C59H39NS/c1-4-18-41(19-5-1)48-35-33-44(43-32-31-40-17-10-11-20-42(40)37-43)38-56(48)60(55-29-16-27-52-51-26-13-15-30-57(51)61-58(52)55)47-34-36-50-49-25-12-14-28-53(49)59(54(50)39-47,45-21-6-2-7-22-45)46-23-8-3-9-24-46/h1-39H. The van der Waals surface area contributed by atoms with Crippen LogP contribution in [0.25, 0.3) is 64.3 Å². The first-order chi connectivity index (χ1) is 30.3. The molecule has 1 aliphatic carbocycles. The van der Waals surface area contributed by atoms with E-state index in [0.29, 0.717) is 0 Å². The first kappa shape index (κ1) is 35.4. The number of anilines is 3. The van der Waals surface area contributed by atoms with Gasteiger partial charge in [0.2, 0.25) is 0 Å². The van der Waals surface area contributed by atoms with Crippen molar-refractivity contribution >= 4 is 59.3 Å². The first-order valence-corrected chi connectivity index (χ1v) is 21.8. The molecule has 0 spiro atoms. The lowest BCUT2D eigenvalue weighted by Crippen LogP contribution is -2.28. The molecule has 286 valence electrons. The van der Waals surface area contributed by atoms with Crippen molar-refractivity contribution in [2.45, 2.75) is 5.41 Å². The molecule has 1 aliphatic rings. The number of thiophene rings is 1. The van der Waals surface area contributed by atoms with E-state index in [-0.39, 0.29) is 0 Å². The molecule has 0 radical (unpaired) electrons. The van der Waals surface area contributed by atoms with Gasteiger partial charge in [-0.3, -0.25) is 0 Å². The Labute approximate surface area is 360 Å². The fourth-order valence-corrected chi connectivity index (χ4v) is 11.2. The third-order valence-electron chi connectivity index (χ3n) is 12.7. The summed E-state index contributed by atoms with van der Waals surface area (Å²) < 4.78 is 2.55. The minimum absolute atomic E-state index is 0.533. The monoisotopic (exact) mass is 793 g/mol. The molecule has 0 aliphatic heterocycles. The summed E-state index contributed by atoms with van der Waals surface area (Å²) >= 11 is 1.88. The zero-order valence-electron chi connectivity index (χ0n) is 33.4. The van der Waals surface area contributed by atoms with E-state index in [4.69, 9.17) is 0 Å². The smallest absolute Gasteiger partial charge is 0.0714 e. The Morgan fingerprint density at radius 3 is 1.75 bits per heavy atom. The minimum atomic E-state index is -0.533. The number of fused-ring (bicyclic) bond motifs is 7. The lowest BCUT2D eigenvalue weighted by atomic mass is 9.67. The van der Waals surface area contributed by atoms with Gasteiger partial charge in [-0.1, -0.05) is 200 Å². The highest BCUT2D eigenvalue weighted by Crippen LogP contribution is 2.58. The predicted molar refractivity (Wildman–Crippen MR) is 260 cm³/mol. The third kappa shape index (κ3) is 5.60. The van der Waals surface area contributed by atoms with Crippen LogP contribution in [0.3, 0.4) is 0 Å². The van der Waals surface area contributed by atoms with Crippen LogP contribution in [0.15, 0.2) is 237 Å². The largest absolute Gasteiger partial charge is 0.308 e. The van der Waals surface area contributed by atoms with Gasteiger partial charge in [0.05, 0.1) is 21.5 Å². The van der Waals surface area contributed by atoms with E-state index in [2.05, 4.69) is 241 Å². The average Bonchev–Trinajstić information content (AvgIpc) is 3.87. The van der Waals surface area contributed by atoms with Crippen LogP contribution in [0.5, 0.6) is 0 Å². The zero-order valence-corrected chi connectivity index (χ0v) is 34.2. The van der Waals surface area contributed by atoms with E-state index in [1.54, 1.807) is 0 Å². The van der Waals surface area contributed by atoms with E-state index in [0.717, 1.165) is 17.1 Å². The molecule has 61 heavy (non-hydrogen) atoms. The van der Waals surface area contributed by atoms with Crippen molar-refractivity contribution in [1.82, 2.24) is 0 Å². The van der Waals surface area contributed by atoms with Crippen LogP contribution in [0.1, 0.15) is 22.3 Å². The summed E-state index contributed by atoms with van der Waals surface area (Å²) in [4.78, 5) is 2.55. The SMILES string of the molecule is c1ccc(-c2ccc(-c3ccc4ccccc4c3)cc2N(c2ccc3c(c2)C(c2ccccc2)(c2ccccc2)c2ccccc2-3)c2cccc3c2sc2ccccc23)cc1. The molecule has 0 atom stereocenters. The van der Waals surface area contributed by atoms with Crippen molar-refractivity contribution in [2.24, 2.45) is 0 Å². The molecule has 1 nitrogen and oxygen atoms in total. The Hall–Kier alpha value is -7.52. The topological polar surface area (TPSA) is 3.24 Å². The highest BCUT2D eigenvalue weighted by atomic mass is 32.1. The molecule has 11 aromatic rings. The van der Waals surface area contributed by atoms with Crippen LogP contribution in [0, 0.1) is 0 Å². The van der Waals surface area contributed by atoms with E-state index in [9.17, 15) is 0 Å². The first-order valence-electron chi connectivity index (χ1n) is 21.0. The van der Waals surface area contributed by atoms with Gasteiger partial charge in [-0.2, -0.15) is 0 Å². The summed E-state index contributed by atoms with van der Waals surface area (Å²) in [6.07, 6.45) is 0. The maximum Gasteiger partial charge on any atom is 0.0714 e. The summed E-state index contributed by atoms with van der Waals surface area (Å²) in [5, 5.41) is 5.03. The van der Waals surface area contributed by atoms with Gasteiger partial charge < -0.3 is 4.90 Å². The quantitative estimate of drug-likeness (QED) is 0.155. The number of hydrogen-bond acceptors (Lipinski definition) is 2. The molecule has 10 aromatic carbocycles. The number of nitrogens with zero attached hydrogens (tertiary/aromatic N) is 1. The van der Waals surface area contributed by atoms with E-state index in [1.165, 1.54) is 86.6 Å². The second kappa shape index (κ2) is 14.3. The van der Waals surface area contributed by atoms with Crippen LogP contribution in [-0.2, 0) is 5.41 Å². The molecule has 12 rings (SSSR count). The molecule has 1 heterocycles. The fraction of sp³-hybridized carbons (Fsp3) is 0.0169. The van der Waals surface area contributed by atoms with Crippen molar-refractivity contribution in [1.29, 1.82) is 0 Å². The van der Waals surface area contributed by atoms with Gasteiger partial charge >= 0.3 is 0 Å². The molecule has 0 saturated carbocycles. The predicted octanol–water partition coefficient (Wildman–Crippen LogP) is 16.4. The third-order valence-corrected chi connectivity index (χ3v) is 13.9. The summed E-state index contributed by atoms with van der Waals surface area (Å²) in [6, 6.07) is 87.5. The lowest BCUT2D eigenvalue weighted by Gasteiger charge is -2.35. The minimum Gasteiger partial charge on any atom is -0.308 e. The van der Waals surface area contributed by atoms with Gasteiger partial charge in [-0.15, -0.1) is 11.3 Å². The van der Waals surface area contributed by atoms with Gasteiger partial charge in [-0.25, -0.2) is 0 Å². The number of benzene rings is 10. The van der Waals surface area contributed by atoms with Gasteiger partial charge in [0.25, 0.3) is 0 Å². The van der Waals surface area contributed by atoms with Crippen LogP contribution < -0.4 is 4.90 Å². The van der Waals surface area contributed by atoms with Crippen molar-refractivity contribution < 1.29 is 0 Å². The molecule has 0 bridgehead atoms. The van der Waals surface area contributed by atoms with Crippen LogP contribution in [0.2, 0.25) is 0 Å². The second-order valence-corrected chi connectivity index (χ2v) is 17.1. The second-order valence-electron chi connectivity index (χ2n) is 16.0. The molecule has 0 amide bonds. The summed E-state index contributed by atoms with van der Waals surface area (Å²) in [5.41, 5.74) is 15.2. The van der Waals surface area contributed by atoms with Crippen LogP contribution >= 0.6 is 11.3 Å².